The lowest BCUT2D eigenvalue weighted by Gasteiger charge is -2.28. The number of carbonyl (C=O) groups excluding carboxylic acids is 1. The number of rotatable bonds is 3. The molecule has 0 radical (unpaired) electrons. The van der Waals surface area contributed by atoms with Gasteiger partial charge in [-0.15, -0.1) is 5.10 Å². The van der Waals surface area contributed by atoms with Gasteiger partial charge in [0.25, 0.3) is 5.95 Å². The van der Waals surface area contributed by atoms with Crippen LogP contribution in [0, 0.1) is 5.41 Å². The Morgan fingerprint density at radius 2 is 2.41 bits per heavy atom. The highest BCUT2D eigenvalue weighted by Gasteiger charge is 2.33. The second-order valence-corrected chi connectivity index (χ2v) is 5.52. The smallest absolute Gasteiger partial charge is 0.269 e. The quantitative estimate of drug-likeness (QED) is 0.791. The van der Waals surface area contributed by atoms with Gasteiger partial charge < -0.3 is 0 Å². The number of hydrogen-bond donors (Lipinski definition) is 2. The van der Waals surface area contributed by atoms with Crippen molar-refractivity contribution in [3.8, 4) is 0 Å². The van der Waals surface area contributed by atoms with E-state index in [-0.39, 0.29) is 11.9 Å². The van der Waals surface area contributed by atoms with Crippen LogP contribution in [0.15, 0.2) is 11.6 Å². The van der Waals surface area contributed by atoms with Crippen molar-refractivity contribution in [2.24, 2.45) is 5.41 Å². The van der Waals surface area contributed by atoms with E-state index in [1.807, 2.05) is 25.6 Å². The number of nitrogens with zero attached hydrogens (tertiary/aromatic N) is 3. The topological polar surface area (TPSA) is 83.6 Å². The van der Waals surface area contributed by atoms with E-state index in [1.54, 1.807) is 0 Å². The standard InChI is InChI=1S/C10H15N5OS/c1-10(2,7-3-5-17-6-4-7)8(16)11-9-12-14-15-13-9/h3H,4-6H2,1-2H3,(H2,11,12,13,14,15,16). The number of nitrogens with one attached hydrogen (secondary N) is 2. The number of amides is 1. The predicted octanol–water partition coefficient (Wildman–Crippen LogP) is 1.23. The third-order valence-corrected chi connectivity index (χ3v) is 3.80. The van der Waals surface area contributed by atoms with E-state index >= 15 is 0 Å². The Morgan fingerprint density at radius 1 is 1.59 bits per heavy atom. The van der Waals surface area contributed by atoms with E-state index in [4.69, 9.17) is 0 Å². The maximum atomic E-state index is 12.2. The van der Waals surface area contributed by atoms with Crippen molar-refractivity contribution in [2.75, 3.05) is 16.8 Å². The highest BCUT2D eigenvalue weighted by atomic mass is 32.2. The summed E-state index contributed by atoms with van der Waals surface area (Å²) in [7, 11) is 0. The number of thioether (sulfide) groups is 1. The van der Waals surface area contributed by atoms with Gasteiger partial charge in [-0.1, -0.05) is 16.7 Å². The number of carbonyl (C=O) groups is 1. The van der Waals surface area contributed by atoms with E-state index in [0.29, 0.717) is 0 Å². The van der Waals surface area contributed by atoms with E-state index in [1.165, 1.54) is 5.57 Å². The van der Waals surface area contributed by atoms with Gasteiger partial charge >= 0.3 is 0 Å². The summed E-state index contributed by atoms with van der Waals surface area (Å²) in [5.74, 6) is 2.17. The summed E-state index contributed by atoms with van der Waals surface area (Å²) >= 11 is 1.88. The summed E-state index contributed by atoms with van der Waals surface area (Å²) < 4.78 is 0. The van der Waals surface area contributed by atoms with Gasteiger partial charge in [-0.2, -0.15) is 17.0 Å². The second-order valence-electron chi connectivity index (χ2n) is 4.37. The maximum Gasteiger partial charge on any atom is 0.269 e. The molecule has 1 aliphatic heterocycles. The second kappa shape index (κ2) is 4.87. The average Bonchev–Trinajstić information content (AvgIpc) is 2.83. The van der Waals surface area contributed by atoms with Crippen LogP contribution in [0.5, 0.6) is 0 Å². The van der Waals surface area contributed by atoms with Crippen LogP contribution in [0.2, 0.25) is 0 Å². The van der Waals surface area contributed by atoms with Gasteiger partial charge in [-0.05, 0) is 31.2 Å². The largest absolute Gasteiger partial charge is 0.291 e. The zero-order valence-electron chi connectivity index (χ0n) is 9.86. The third kappa shape index (κ3) is 2.66. The number of H-pyrrole nitrogens is 1. The van der Waals surface area contributed by atoms with Crippen LogP contribution in [0.1, 0.15) is 20.3 Å². The lowest BCUT2D eigenvalue weighted by atomic mass is 9.81. The summed E-state index contributed by atoms with van der Waals surface area (Å²) in [5.41, 5.74) is 0.652. The fourth-order valence-corrected chi connectivity index (χ4v) is 2.56. The van der Waals surface area contributed by atoms with Gasteiger partial charge in [0, 0.05) is 5.75 Å². The normalized spacial score (nSPS) is 16.5. The molecule has 0 aromatic carbocycles. The van der Waals surface area contributed by atoms with Crippen LogP contribution >= 0.6 is 11.8 Å². The number of aromatic amines is 1. The molecular weight excluding hydrogens is 238 g/mol. The van der Waals surface area contributed by atoms with Crippen molar-refractivity contribution in [1.82, 2.24) is 20.6 Å². The molecule has 7 heteroatoms. The highest BCUT2D eigenvalue weighted by Crippen LogP contribution is 2.33. The van der Waals surface area contributed by atoms with Crippen LogP contribution < -0.4 is 5.32 Å². The van der Waals surface area contributed by atoms with Crippen LogP contribution in [-0.4, -0.2) is 38.0 Å². The lowest BCUT2D eigenvalue weighted by Crippen LogP contribution is -2.34. The zero-order chi connectivity index (χ0) is 12.3. The first-order chi connectivity index (χ1) is 8.10. The first-order valence-electron chi connectivity index (χ1n) is 5.43. The summed E-state index contributed by atoms with van der Waals surface area (Å²) in [6.45, 7) is 3.84. The molecule has 6 nitrogen and oxygen atoms in total. The molecule has 0 fully saturated rings. The monoisotopic (exact) mass is 253 g/mol. The van der Waals surface area contributed by atoms with Gasteiger partial charge in [-0.3, -0.25) is 10.1 Å². The minimum Gasteiger partial charge on any atom is -0.291 e. The maximum absolute atomic E-state index is 12.2. The first kappa shape index (κ1) is 12.1. The Hall–Kier alpha value is -1.37. The fraction of sp³-hybridized carbons (Fsp3) is 0.600. The minimum absolute atomic E-state index is 0.1000. The Morgan fingerprint density at radius 3 is 3.00 bits per heavy atom. The van der Waals surface area contributed by atoms with Crippen molar-refractivity contribution in [1.29, 1.82) is 0 Å². The Kier molecular flexibility index (Phi) is 3.46. The molecule has 0 unspecified atom stereocenters. The molecule has 1 aromatic heterocycles. The van der Waals surface area contributed by atoms with E-state index in [9.17, 15) is 4.79 Å². The third-order valence-electron chi connectivity index (χ3n) is 2.90. The summed E-state index contributed by atoms with van der Waals surface area (Å²) in [6.07, 6.45) is 3.10. The molecule has 0 aliphatic carbocycles. The molecule has 0 spiro atoms. The van der Waals surface area contributed by atoms with Crippen LogP contribution in [0.25, 0.3) is 0 Å². The lowest BCUT2D eigenvalue weighted by molar-refractivity contribution is -0.122. The zero-order valence-corrected chi connectivity index (χ0v) is 10.7. The van der Waals surface area contributed by atoms with E-state index in [2.05, 4.69) is 32.0 Å². The van der Waals surface area contributed by atoms with Gasteiger partial charge in [0.1, 0.15) is 0 Å². The molecule has 1 aliphatic rings. The highest BCUT2D eigenvalue weighted by molar-refractivity contribution is 7.99. The number of anilines is 1. The van der Waals surface area contributed by atoms with Crippen molar-refractivity contribution in [2.45, 2.75) is 20.3 Å². The fourth-order valence-electron chi connectivity index (χ4n) is 1.71. The van der Waals surface area contributed by atoms with Crippen LogP contribution in [-0.2, 0) is 4.79 Å². The first-order valence-corrected chi connectivity index (χ1v) is 6.58. The van der Waals surface area contributed by atoms with Crippen LogP contribution in [0.3, 0.4) is 0 Å². The van der Waals surface area contributed by atoms with Gasteiger partial charge in [0.15, 0.2) is 0 Å². The minimum atomic E-state index is -0.526. The van der Waals surface area contributed by atoms with Crippen molar-refractivity contribution >= 4 is 23.6 Å². The Balaban J connectivity index is 2.09. The van der Waals surface area contributed by atoms with Gasteiger partial charge in [0.05, 0.1) is 5.41 Å². The van der Waals surface area contributed by atoms with Gasteiger partial charge in [0.2, 0.25) is 5.91 Å². The Bertz CT molecular complexity index is 426. The van der Waals surface area contributed by atoms with E-state index < -0.39 is 5.41 Å². The van der Waals surface area contributed by atoms with E-state index in [0.717, 1.165) is 17.9 Å². The number of aromatic nitrogens is 4. The van der Waals surface area contributed by atoms with Gasteiger partial charge in [-0.25, -0.2) is 0 Å². The van der Waals surface area contributed by atoms with Crippen LogP contribution in [0.4, 0.5) is 5.95 Å². The molecule has 2 heterocycles. The molecule has 17 heavy (non-hydrogen) atoms. The molecule has 2 rings (SSSR count). The van der Waals surface area contributed by atoms with Crippen molar-refractivity contribution in [3.63, 3.8) is 0 Å². The molecular formula is C10H15N5OS. The summed E-state index contributed by atoms with van der Waals surface area (Å²) in [4.78, 5) is 12.2. The molecule has 1 aromatic rings. The molecule has 0 saturated heterocycles. The molecule has 0 saturated carbocycles. The number of tetrazole rings is 1. The SMILES string of the molecule is CC(C)(C(=O)Nc1nn[nH]n1)C1=CCSCC1. The molecule has 0 atom stereocenters. The molecule has 2 N–H and O–H groups in total. The average molecular weight is 253 g/mol. The van der Waals surface area contributed by atoms with Crippen molar-refractivity contribution < 1.29 is 4.79 Å². The summed E-state index contributed by atoms with van der Waals surface area (Å²) in [5, 5.41) is 15.8. The summed E-state index contributed by atoms with van der Waals surface area (Å²) in [6, 6.07) is 0. The number of hydrogen-bond acceptors (Lipinski definition) is 5. The molecule has 92 valence electrons. The molecule has 0 bridgehead atoms. The van der Waals surface area contributed by atoms with Crippen molar-refractivity contribution in [3.05, 3.63) is 11.6 Å². The molecule has 1 amide bonds. The Labute approximate surface area is 104 Å². The predicted molar refractivity (Wildman–Crippen MR) is 66.6 cm³/mol.